The van der Waals surface area contributed by atoms with Crippen molar-refractivity contribution in [1.82, 2.24) is 5.32 Å². The van der Waals surface area contributed by atoms with E-state index in [0.29, 0.717) is 0 Å². The zero-order valence-corrected chi connectivity index (χ0v) is 8.55. The Morgan fingerprint density at radius 2 is 2.08 bits per heavy atom. The molecule has 0 aromatic rings. The molecule has 0 spiro atoms. The highest BCUT2D eigenvalue weighted by molar-refractivity contribution is 5.97. The molecular formula is C11H17NO. The molecule has 1 rings (SSSR count). The summed E-state index contributed by atoms with van der Waals surface area (Å²) >= 11 is 0. The van der Waals surface area contributed by atoms with Crippen molar-refractivity contribution in [3.05, 3.63) is 23.4 Å². The second-order valence-electron chi connectivity index (χ2n) is 3.65. The van der Waals surface area contributed by atoms with Gasteiger partial charge in [-0.1, -0.05) is 19.9 Å². The largest absolute Gasteiger partial charge is 0.391 e. The monoisotopic (exact) mass is 179 g/mol. The highest BCUT2D eigenvalue weighted by atomic mass is 16.1. The average Bonchev–Trinajstić information content (AvgIpc) is 2.17. The van der Waals surface area contributed by atoms with Crippen molar-refractivity contribution in [3.63, 3.8) is 0 Å². The highest BCUT2D eigenvalue weighted by Crippen LogP contribution is 2.19. The van der Waals surface area contributed by atoms with Crippen LogP contribution in [0.25, 0.3) is 0 Å². The van der Waals surface area contributed by atoms with Crippen molar-refractivity contribution in [2.24, 2.45) is 5.92 Å². The molecule has 1 N–H and O–H groups in total. The van der Waals surface area contributed by atoms with Crippen molar-refractivity contribution >= 4 is 5.78 Å². The molecule has 0 bridgehead atoms. The van der Waals surface area contributed by atoms with Crippen LogP contribution in [0.15, 0.2) is 23.4 Å². The second kappa shape index (κ2) is 4.26. The van der Waals surface area contributed by atoms with Gasteiger partial charge in [0.05, 0.1) is 0 Å². The van der Waals surface area contributed by atoms with Gasteiger partial charge in [-0.05, 0) is 24.5 Å². The lowest BCUT2D eigenvalue weighted by Gasteiger charge is -2.14. The van der Waals surface area contributed by atoms with Gasteiger partial charge >= 0.3 is 0 Å². The molecule has 1 aliphatic carbocycles. The quantitative estimate of drug-likeness (QED) is 0.718. The molecule has 1 aliphatic rings. The maximum absolute atomic E-state index is 11.6. The smallest absolute Gasteiger partial charge is 0.161 e. The van der Waals surface area contributed by atoms with Gasteiger partial charge in [0.2, 0.25) is 0 Å². The minimum Gasteiger partial charge on any atom is -0.391 e. The molecule has 0 radical (unpaired) electrons. The number of hydrogen-bond donors (Lipinski definition) is 1. The number of Topliss-reactive ketones (excluding diaryl/α,β-unsaturated/α-hetero) is 1. The minimum atomic E-state index is 0.121. The van der Waals surface area contributed by atoms with Gasteiger partial charge in [0.25, 0.3) is 0 Å². The third-order valence-electron chi connectivity index (χ3n) is 2.31. The lowest BCUT2D eigenvalue weighted by molar-refractivity contribution is -0.118. The average molecular weight is 179 g/mol. The van der Waals surface area contributed by atoms with Crippen LogP contribution in [0, 0.1) is 5.92 Å². The lowest BCUT2D eigenvalue weighted by Crippen LogP contribution is -2.15. The first-order valence-corrected chi connectivity index (χ1v) is 4.77. The fraction of sp³-hybridized carbons (Fsp3) is 0.545. The van der Waals surface area contributed by atoms with E-state index >= 15 is 0 Å². The SMILES string of the molecule is CNC1=CC=C(C(=O)C(C)C)CC1. The van der Waals surface area contributed by atoms with Gasteiger partial charge < -0.3 is 5.32 Å². The molecule has 13 heavy (non-hydrogen) atoms. The van der Waals surface area contributed by atoms with E-state index in [-0.39, 0.29) is 11.7 Å². The Labute approximate surface area is 79.7 Å². The molecule has 72 valence electrons. The van der Waals surface area contributed by atoms with Crippen molar-refractivity contribution in [2.75, 3.05) is 7.05 Å². The normalized spacial score (nSPS) is 16.6. The van der Waals surface area contributed by atoms with Crippen LogP contribution in [0.1, 0.15) is 26.7 Å². The van der Waals surface area contributed by atoms with E-state index in [2.05, 4.69) is 5.32 Å². The predicted octanol–water partition coefficient (Wildman–Crippen LogP) is 2.04. The first kappa shape index (κ1) is 10.0. The Bertz CT molecular complexity index is 261. The van der Waals surface area contributed by atoms with E-state index in [1.165, 1.54) is 5.70 Å². The van der Waals surface area contributed by atoms with Crippen LogP contribution < -0.4 is 5.32 Å². The summed E-state index contributed by atoms with van der Waals surface area (Å²) < 4.78 is 0. The zero-order valence-electron chi connectivity index (χ0n) is 8.55. The molecule has 0 unspecified atom stereocenters. The number of carbonyl (C=O) groups excluding carboxylic acids is 1. The topological polar surface area (TPSA) is 29.1 Å². The fourth-order valence-electron chi connectivity index (χ4n) is 1.42. The van der Waals surface area contributed by atoms with Crippen molar-refractivity contribution < 1.29 is 4.79 Å². The van der Waals surface area contributed by atoms with Crippen LogP contribution >= 0.6 is 0 Å². The van der Waals surface area contributed by atoms with E-state index < -0.39 is 0 Å². The van der Waals surface area contributed by atoms with Crippen LogP contribution in [0.4, 0.5) is 0 Å². The summed E-state index contributed by atoms with van der Waals surface area (Å²) in [7, 11) is 1.91. The van der Waals surface area contributed by atoms with Gasteiger partial charge in [0.1, 0.15) is 0 Å². The van der Waals surface area contributed by atoms with Crippen molar-refractivity contribution in [1.29, 1.82) is 0 Å². The van der Waals surface area contributed by atoms with E-state index in [4.69, 9.17) is 0 Å². The molecule has 0 atom stereocenters. The van der Waals surface area contributed by atoms with Gasteiger partial charge in [-0.3, -0.25) is 4.79 Å². The molecular weight excluding hydrogens is 162 g/mol. The van der Waals surface area contributed by atoms with E-state index in [0.717, 1.165) is 18.4 Å². The first-order valence-electron chi connectivity index (χ1n) is 4.77. The molecule has 0 amide bonds. The first-order chi connectivity index (χ1) is 6.15. The van der Waals surface area contributed by atoms with Crippen molar-refractivity contribution in [2.45, 2.75) is 26.7 Å². The molecule has 0 heterocycles. The maximum atomic E-state index is 11.6. The van der Waals surface area contributed by atoms with Gasteiger partial charge in [-0.15, -0.1) is 0 Å². The molecule has 0 aliphatic heterocycles. The Morgan fingerprint density at radius 3 is 2.46 bits per heavy atom. The van der Waals surface area contributed by atoms with E-state index in [1.54, 1.807) is 0 Å². The second-order valence-corrected chi connectivity index (χ2v) is 3.65. The number of hydrogen-bond acceptors (Lipinski definition) is 2. The molecule has 2 nitrogen and oxygen atoms in total. The van der Waals surface area contributed by atoms with Gasteiger partial charge in [0, 0.05) is 18.7 Å². The molecule has 0 saturated carbocycles. The molecule has 2 heteroatoms. The highest BCUT2D eigenvalue weighted by Gasteiger charge is 2.15. The number of rotatable bonds is 3. The predicted molar refractivity (Wildman–Crippen MR) is 54.3 cm³/mol. The van der Waals surface area contributed by atoms with Crippen LogP contribution in [-0.2, 0) is 4.79 Å². The molecule has 0 fully saturated rings. The fourth-order valence-corrected chi connectivity index (χ4v) is 1.42. The third kappa shape index (κ3) is 2.44. The standard InChI is InChI=1S/C11H17NO/c1-8(2)11(13)9-4-6-10(12-3)7-5-9/h4,6,8,12H,5,7H2,1-3H3. The maximum Gasteiger partial charge on any atom is 0.161 e. The van der Waals surface area contributed by atoms with E-state index in [9.17, 15) is 4.79 Å². The Kier molecular flexibility index (Phi) is 3.29. The summed E-state index contributed by atoms with van der Waals surface area (Å²) in [4.78, 5) is 11.6. The summed E-state index contributed by atoms with van der Waals surface area (Å²) in [6.45, 7) is 3.89. The van der Waals surface area contributed by atoms with Gasteiger partial charge in [0.15, 0.2) is 5.78 Å². The van der Waals surface area contributed by atoms with Crippen LogP contribution in [0.3, 0.4) is 0 Å². The Hall–Kier alpha value is -1.05. The number of allylic oxidation sites excluding steroid dienone is 4. The molecule has 0 aromatic heterocycles. The Balaban J connectivity index is 2.70. The van der Waals surface area contributed by atoms with E-state index in [1.807, 2.05) is 33.0 Å². The minimum absolute atomic E-state index is 0.121. The summed E-state index contributed by atoms with van der Waals surface area (Å²) in [6.07, 6.45) is 5.78. The third-order valence-corrected chi connectivity index (χ3v) is 2.31. The van der Waals surface area contributed by atoms with Crippen LogP contribution in [0.5, 0.6) is 0 Å². The molecule has 0 aromatic carbocycles. The zero-order chi connectivity index (χ0) is 9.84. The number of nitrogens with one attached hydrogen (secondary N) is 1. The number of carbonyl (C=O) groups is 1. The summed E-state index contributed by atoms with van der Waals surface area (Å²) in [5.41, 5.74) is 2.18. The summed E-state index contributed by atoms with van der Waals surface area (Å²) in [6, 6.07) is 0. The Morgan fingerprint density at radius 1 is 1.38 bits per heavy atom. The van der Waals surface area contributed by atoms with Gasteiger partial charge in [-0.25, -0.2) is 0 Å². The van der Waals surface area contributed by atoms with Crippen molar-refractivity contribution in [3.8, 4) is 0 Å². The summed E-state index contributed by atoms with van der Waals surface area (Å²) in [5, 5.41) is 3.10. The van der Waals surface area contributed by atoms with Crippen LogP contribution in [0.2, 0.25) is 0 Å². The lowest BCUT2D eigenvalue weighted by atomic mass is 9.93. The van der Waals surface area contributed by atoms with Crippen LogP contribution in [-0.4, -0.2) is 12.8 Å². The summed E-state index contributed by atoms with van der Waals surface area (Å²) in [5.74, 6) is 0.405. The number of ketones is 1. The molecule has 0 saturated heterocycles. The van der Waals surface area contributed by atoms with Gasteiger partial charge in [-0.2, -0.15) is 0 Å².